The number of nitrogens with two attached hydrogens (primary N) is 1. The zero-order valence-electron chi connectivity index (χ0n) is 26.1. The van der Waals surface area contributed by atoms with E-state index in [0.717, 1.165) is 5.57 Å². The quantitative estimate of drug-likeness (QED) is 0.192. The first-order valence-electron chi connectivity index (χ1n) is 13.7. The minimum Gasteiger partial charge on any atom is -0.577 e. The number of aryl methyl sites for hydroxylation is 1. The number of nitrogens with one attached hydrogen (secondary N) is 1. The summed E-state index contributed by atoms with van der Waals surface area (Å²) >= 11 is 0. The second-order valence-corrected chi connectivity index (χ2v) is 11.2. The maximum atomic E-state index is 13.3. The van der Waals surface area contributed by atoms with E-state index in [1.54, 1.807) is 13.8 Å². The summed E-state index contributed by atoms with van der Waals surface area (Å²) in [4.78, 5) is 37.8. The number of aliphatic hydroxyl groups excluding tert-OH is 1. The molecule has 13 nitrogen and oxygen atoms in total. The maximum Gasteiger partial charge on any atom is 1.00 e. The number of benzene rings is 2. The molecule has 0 aliphatic carbocycles. The molecule has 1 fully saturated rings. The molecule has 5 N–H and O–H groups in total. The van der Waals surface area contributed by atoms with E-state index in [-0.39, 0.29) is 63.2 Å². The Balaban J connectivity index is 0.00000552. The Morgan fingerprint density at radius 3 is 2.51 bits per heavy atom. The number of aromatic hydroxyl groups is 1. The zero-order chi connectivity index (χ0) is 32.5. The molecule has 2 heterocycles. The number of allylic oxidation sites excluding steroid dienone is 2. The van der Waals surface area contributed by atoms with E-state index in [0.29, 0.717) is 12.0 Å². The number of fused-ring (bicyclic) bond motifs is 1. The second kappa shape index (κ2) is 14.2. The van der Waals surface area contributed by atoms with Crippen molar-refractivity contribution in [2.24, 2.45) is 5.73 Å². The number of carbonyl (C=O) groups excluding carboxylic acids is 2. The predicted molar refractivity (Wildman–Crippen MR) is 157 cm³/mol. The van der Waals surface area contributed by atoms with Crippen LogP contribution in [0.3, 0.4) is 0 Å². The zero-order valence-corrected chi connectivity index (χ0v) is 28.1. The van der Waals surface area contributed by atoms with Crippen LogP contribution in [0.25, 0.3) is 11.0 Å². The van der Waals surface area contributed by atoms with Gasteiger partial charge in [0, 0.05) is 29.2 Å². The molecule has 1 saturated heterocycles. The number of hydrogen-bond donors (Lipinski definition) is 4. The van der Waals surface area contributed by atoms with Crippen LogP contribution in [0.1, 0.15) is 49.2 Å². The number of ether oxygens (including phenoxy) is 4. The number of aliphatic hydroxyl groups is 1. The molecule has 0 saturated carbocycles. The number of methoxy groups -OCH3 is 1. The van der Waals surface area contributed by atoms with Crippen molar-refractivity contribution in [3.63, 3.8) is 0 Å². The topological polar surface area (TPSA) is 203 Å². The van der Waals surface area contributed by atoms with Gasteiger partial charge >= 0.3 is 35.7 Å². The fourth-order valence-corrected chi connectivity index (χ4v) is 5.05. The van der Waals surface area contributed by atoms with E-state index < -0.39 is 59.3 Å². The Hall–Kier alpha value is -3.59. The van der Waals surface area contributed by atoms with Crippen LogP contribution < -0.4 is 55.9 Å². The van der Waals surface area contributed by atoms with E-state index in [4.69, 9.17) is 29.1 Å². The molecule has 0 bridgehead atoms. The first-order chi connectivity index (χ1) is 20.6. The summed E-state index contributed by atoms with van der Waals surface area (Å²) in [5.74, 6) is -1.73. The van der Waals surface area contributed by atoms with Gasteiger partial charge in [-0.3, -0.25) is 9.59 Å². The molecule has 1 aliphatic heterocycles. The van der Waals surface area contributed by atoms with Crippen LogP contribution in [-0.4, -0.2) is 59.5 Å². The molecular formula is C31H35N2NaO11. The van der Waals surface area contributed by atoms with E-state index in [9.17, 15) is 29.7 Å². The van der Waals surface area contributed by atoms with E-state index in [1.165, 1.54) is 44.4 Å². The number of primary amides is 1. The first kappa shape index (κ1) is 35.9. The van der Waals surface area contributed by atoms with Crippen LogP contribution >= 0.6 is 0 Å². The predicted octanol–water partition coefficient (Wildman–Crippen LogP) is -0.000880. The van der Waals surface area contributed by atoms with Gasteiger partial charge in [-0.2, -0.15) is 0 Å². The van der Waals surface area contributed by atoms with Crippen molar-refractivity contribution in [1.82, 2.24) is 0 Å². The van der Waals surface area contributed by atoms with Gasteiger partial charge in [-0.15, -0.1) is 0 Å². The molecule has 1 aromatic heterocycles. The molecular weight excluding hydrogens is 599 g/mol. The Bertz CT molecular complexity index is 1680. The Labute approximate surface area is 281 Å². The molecule has 4 atom stereocenters. The summed E-state index contributed by atoms with van der Waals surface area (Å²) in [7, 11) is 1.36. The van der Waals surface area contributed by atoms with Crippen molar-refractivity contribution in [2.75, 3.05) is 12.4 Å². The molecule has 45 heavy (non-hydrogen) atoms. The average molecular weight is 635 g/mol. The summed E-state index contributed by atoms with van der Waals surface area (Å²) in [6, 6.07) is 6.96. The monoisotopic (exact) mass is 634 g/mol. The van der Waals surface area contributed by atoms with Crippen molar-refractivity contribution >= 4 is 28.7 Å². The third kappa shape index (κ3) is 7.63. The maximum absolute atomic E-state index is 13.3. The number of hydrogen-bond acceptors (Lipinski definition) is 11. The summed E-state index contributed by atoms with van der Waals surface area (Å²) in [5.41, 5.74) is 4.50. The molecule has 0 unspecified atom stereocenters. The van der Waals surface area contributed by atoms with Gasteiger partial charge in [0.1, 0.15) is 23.3 Å². The van der Waals surface area contributed by atoms with Crippen LogP contribution in [-0.2, 0) is 20.6 Å². The molecule has 2 amide bonds. The Morgan fingerprint density at radius 2 is 1.89 bits per heavy atom. The van der Waals surface area contributed by atoms with Crippen molar-refractivity contribution in [1.29, 1.82) is 0 Å². The normalized spacial score (nSPS) is 20.5. The molecule has 1 aliphatic rings. The molecule has 14 heteroatoms. The van der Waals surface area contributed by atoms with Crippen molar-refractivity contribution in [2.45, 2.75) is 71.2 Å². The molecule has 236 valence electrons. The molecule has 4 rings (SSSR count). The molecule has 0 spiro atoms. The van der Waals surface area contributed by atoms with Crippen LogP contribution in [0.15, 0.2) is 51.2 Å². The summed E-state index contributed by atoms with van der Waals surface area (Å²) < 4.78 is 27.8. The van der Waals surface area contributed by atoms with E-state index >= 15 is 0 Å². The summed E-state index contributed by atoms with van der Waals surface area (Å²) in [5, 5.41) is 36.3. The number of phenolic OH excluding ortho intramolecular Hbond substituents is 1. The van der Waals surface area contributed by atoms with Gasteiger partial charge in [0.15, 0.2) is 12.2 Å². The summed E-state index contributed by atoms with van der Waals surface area (Å²) in [6.07, 6.45) is -3.88. The van der Waals surface area contributed by atoms with Gasteiger partial charge in [0.25, 0.3) is 5.91 Å². The second-order valence-electron chi connectivity index (χ2n) is 11.2. The summed E-state index contributed by atoms with van der Waals surface area (Å²) in [6.45, 7) is 8.63. The van der Waals surface area contributed by atoms with Crippen molar-refractivity contribution in [3.05, 3.63) is 68.9 Å². The minimum absolute atomic E-state index is 0. The number of amides is 2. The number of rotatable bonds is 8. The first-order valence-corrected chi connectivity index (χ1v) is 13.7. The number of carbonyl (C=O) groups is 2. The Kier molecular flexibility index (Phi) is 11.3. The molecule has 0 radical (unpaired) electrons. The third-order valence-electron chi connectivity index (χ3n) is 7.31. The van der Waals surface area contributed by atoms with Crippen molar-refractivity contribution < 1.29 is 77.8 Å². The standard InChI is InChI=1S/C31H36N2O11.Na/c1-14(2)7-8-16-13-17(9-11-19(16)34)27(37)33-21-22(35)18-10-12-20(15(3)24(18)42-28(21)38)41-29-23(36)25(43-30(32)39)26(40-6)31(4,5)44-29;/h7,9-13,23,25-26,29,34,36,38H,8H2,1-6H3,(H2,32,39)(H,33,37);/q;+1/p-1/t23-,25+,26-,29-;/m1./s1. The van der Waals surface area contributed by atoms with Gasteiger partial charge in [-0.05, 0) is 76.9 Å². The van der Waals surface area contributed by atoms with Crippen molar-refractivity contribution in [3.8, 4) is 17.4 Å². The van der Waals surface area contributed by atoms with Gasteiger partial charge in [-0.1, -0.05) is 11.6 Å². The van der Waals surface area contributed by atoms with Gasteiger partial charge < -0.3 is 49.7 Å². The fraction of sp³-hybridized carbons (Fsp3) is 0.387. The fourth-order valence-electron chi connectivity index (χ4n) is 5.05. The van der Waals surface area contributed by atoms with E-state index in [2.05, 4.69) is 5.32 Å². The Morgan fingerprint density at radius 1 is 1.20 bits per heavy atom. The van der Waals surface area contributed by atoms with Crippen LogP contribution in [0.2, 0.25) is 0 Å². The number of anilines is 1. The average Bonchev–Trinajstić information content (AvgIpc) is 2.94. The number of phenols is 1. The molecule has 2 aromatic carbocycles. The molecule has 3 aromatic rings. The van der Waals surface area contributed by atoms with Gasteiger partial charge in [0.2, 0.25) is 11.7 Å². The van der Waals surface area contributed by atoms with Crippen LogP contribution in [0.5, 0.6) is 17.4 Å². The van der Waals surface area contributed by atoms with Gasteiger partial charge in [0.05, 0.1) is 11.5 Å². The minimum atomic E-state index is -1.53. The smallest absolute Gasteiger partial charge is 0.577 e. The van der Waals surface area contributed by atoms with E-state index in [1.807, 2.05) is 19.9 Å². The van der Waals surface area contributed by atoms with Crippen LogP contribution in [0.4, 0.5) is 10.5 Å². The third-order valence-corrected chi connectivity index (χ3v) is 7.31. The largest absolute Gasteiger partial charge is 1.00 e. The van der Waals surface area contributed by atoms with Crippen LogP contribution in [0, 0.1) is 6.92 Å². The van der Waals surface area contributed by atoms with Gasteiger partial charge in [-0.25, -0.2) is 4.79 Å². The SMILES string of the molecule is CO[C@@H]1[C@@H](OC(N)=O)[C@@H](O)[C@H](Oc2ccc3c(=O)c(NC(=O)c4ccc(O)c(CC=C(C)C)c4)c([O-])oc3c2C)OC1(C)C.[Na+].